The number of rotatable bonds is 3. The molecule has 0 aliphatic carbocycles. The molecule has 164 valence electrons. The first-order chi connectivity index (χ1) is 16.7. The first kappa shape index (κ1) is 21.0. The third-order valence-corrected chi connectivity index (χ3v) is 6.94. The number of ether oxygens (including phenoxy) is 1. The van der Waals surface area contributed by atoms with Crippen molar-refractivity contribution in [1.82, 2.24) is 0 Å². The zero-order chi connectivity index (χ0) is 23.1. The van der Waals surface area contributed by atoms with Crippen LogP contribution in [-0.4, -0.2) is 0 Å². The number of fused-ring (bicyclic) bond motifs is 2. The van der Waals surface area contributed by atoms with Gasteiger partial charge in [0.25, 0.3) is 0 Å². The van der Waals surface area contributed by atoms with E-state index in [2.05, 4.69) is 91.0 Å². The maximum absolute atomic E-state index is 6.46. The van der Waals surface area contributed by atoms with Crippen LogP contribution in [0.4, 0.5) is 0 Å². The summed E-state index contributed by atoms with van der Waals surface area (Å²) >= 11 is 12.7. The molecule has 0 bridgehead atoms. The lowest BCUT2D eigenvalue weighted by atomic mass is 9.63. The molecule has 0 radical (unpaired) electrons. The minimum absolute atomic E-state index is 0.551. The largest absolute Gasteiger partial charge is 0.457 e. The summed E-state index contributed by atoms with van der Waals surface area (Å²) in [7, 11) is 0. The van der Waals surface area contributed by atoms with Gasteiger partial charge in [0.15, 0.2) is 0 Å². The van der Waals surface area contributed by atoms with Crippen molar-refractivity contribution in [3.8, 4) is 22.6 Å². The van der Waals surface area contributed by atoms with Crippen molar-refractivity contribution in [3.05, 3.63) is 154 Å². The Morgan fingerprint density at radius 3 is 1.68 bits per heavy atom. The van der Waals surface area contributed by atoms with Gasteiger partial charge in [-0.05, 0) is 58.7 Å². The van der Waals surface area contributed by atoms with Gasteiger partial charge in [-0.1, -0.05) is 108 Å². The van der Waals surface area contributed by atoms with Crippen molar-refractivity contribution in [2.75, 3.05) is 0 Å². The molecule has 6 rings (SSSR count). The van der Waals surface area contributed by atoms with Gasteiger partial charge in [-0.25, -0.2) is 0 Å². The minimum atomic E-state index is -0.551. The Morgan fingerprint density at radius 2 is 1.03 bits per heavy atom. The lowest BCUT2D eigenvalue weighted by molar-refractivity contribution is 0.434. The van der Waals surface area contributed by atoms with E-state index in [9.17, 15) is 0 Å². The highest BCUT2D eigenvalue weighted by Gasteiger charge is 2.45. The van der Waals surface area contributed by atoms with Crippen molar-refractivity contribution in [3.63, 3.8) is 0 Å². The molecule has 1 aliphatic rings. The first-order valence-electron chi connectivity index (χ1n) is 11.2. The number of hydrogen-bond acceptors (Lipinski definition) is 1. The Balaban J connectivity index is 1.72. The molecule has 0 atom stereocenters. The molecule has 0 saturated heterocycles. The van der Waals surface area contributed by atoms with E-state index in [1.54, 1.807) is 6.07 Å². The highest BCUT2D eigenvalue weighted by Crippen LogP contribution is 2.55. The van der Waals surface area contributed by atoms with Gasteiger partial charge in [-0.15, -0.1) is 0 Å². The molecular weight excluding hydrogens is 459 g/mol. The predicted molar refractivity (Wildman–Crippen MR) is 140 cm³/mol. The third kappa shape index (κ3) is 3.32. The molecule has 0 fully saturated rings. The van der Waals surface area contributed by atoms with E-state index in [1.165, 1.54) is 11.1 Å². The van der Waals surface area contributed by atoms with Crippen LogP contribution in [0.3, 0.4) is 0 Å². The van der Waals surface area contributed by atoms with E-state index < -0.39 is 5.41 Å². The standard InChI is InChI=1S/C31H20Cl2O/c32-25-17-22(18-26(33)20-25)21-15-16-30-28(19-21)31(23-9-3-1-4-10-23,24-11-5-2-6-12-24)27-13-7-8-14-29(27)34-30/h1-20H. The Kier molecular flexibility index (Phi) is 5.17. The average molecular weight is 479 g/mol. The normalized spacial score (nSPS) is 13.5. The summed E-state index contributed by atoms with van der Waals surface area (Å²) in [6, 6.07) is 41.6. The summed E-state index contributed by atoms with van der Waals surface area (Å²) in [5.74, 6) is 1.70. The van der Waals surface area contributed by atoms with E-state index in [1.807, 2.05) is 24.3 Å². The van der Waals surface area contributed by atoms with Crippen LogP contribution in [-0.2, 0) is 5.41 Å². The molecule has 0 N–H and O–H groups in total. The molecule has 1 aliphatic heterocycles. The molecule has 0 unspecified atom stereocenters. The smallest absolute Gasteiger partial charge is 0.132 e. The second-order valence-corrected chi connectivity index (χ2v) is 9.32. The molecule has 3 heteroatoms. The van der Waals surface area contributed by atoms with E-state index >= 15 is 0 Å². The van der Waals surface area contributed by atoms with E-state index in [0.29, 0.717) is 10.0 Å². The quantitative estimate of drug-likeness (QED) is 0.246. The van der Waals surface area contributed by atoms with Crippen LogP contribution >= 0.6 is 23.2 Å². The summed E-state index contributed by atoms with van der Waals surface area (Å²) in [4.78, 5) is 0. The summed E-state index contributed by atoms with van der Waals surface area (Å²) < 4.78 is 6.46. The van der Waals surface area contributed by atoms with E-state index in [0.717, 1.165) is 33.8 Å². The predicted octanol–water partition coefficient (Wildman–Crippen LogP) is 9.15. The average Bonchev–Trinajstić information content (AvgIpc) is 2.87. The van der Waals surface area contributed by atoms with Crippen molar-refractivity contribution in [2.24, 2.45) is 0 Å². The van der Waals surface area contributed by atoms with Gasteiger partial charge in [0.05, 0.1) is 5.41 Å². The minimum Gasteiger partial charge on any atom is -0.457 e. The highest BCUT2D eigenvalue weighted by molar-refractivity contribution is 6.35. The summed E-state index contributed by atoms with van der Waals surface area (Å²) in [6.45, 7) is 0. The summed E-state index contributed by atoms with van der Waals surface area (Å²) in [6.07, 6.45) is 0. The number of benzene rings is 5. The molecule has 34 heavy (non-hydrogen) atoms. The zero-order valence-electron chi connectivity index (χ0n) is 18.2. The van der Waals surface area contributed by atoms with Crippen LogP contribution in [0.15, 0.2) is 121 Å². The molecule has 1 nitrogen and oxygen atoms in total. The van der Waals surface area contributed by atoms with Gasteiger partial charge in [-0.3, -0.25) is 0 Å². The van der Waals surface area contributed by atoms with Gasteiger partial charge in [0.2, 0.25) is 0 Å². The van der Waals surface area contributed by atoms with Crippen molar-refractivity contribution < 1.29 is 4.74 Å². The topological polar surface area (TPSA) is 9.23 Å². The van der Waals surface area contributed by atoms with Crippen molar-refractivity contribution in [2.45, 2.75) is 5.41 Å². The molecule has 0 aromatic heterocycles. The first-order valence-corrected chi connectivity index (χ1v) is 11.9. The maximum Gasteiger partial charge on any atom is 0.132 e. The molecular formula is C31H20Cl2O. The zero-order valence-corrected chi connectivity index (χ0v) is 19.7. The summed E-state index contributed by atoms with van der Waals surface area (Å²) in [5.41, 5.74) is 6.00. The highest BCUT2D eigenvalue weighted by atomic mass is 35.5. The number of halogens is 2. The summed E-state index contributed by atoms with van der Waals surface area (Å²) in [5, 5.41) is 1.22. The number of hydrogen-bond donors (Lipinski definition) is 0. The van der Waals surface area contributed by atoms with Crippen LogP contribution in [0.1, 0.15) is 22.3 Å². The molecule has 5 aromatic rings. The van der Waals surface area contributed by atoms with E-state index in [4.69, 9.17) is 27.9 Å². The molecule has 0 amide bonds. The molecule has 0 saturated carbocycles. The van der Waals surface area contributed by atoms with Crippen molar-refractivity contribution in [1.29, 1.82) is 0 Å². The lowest BCUT2D eigenvalue weighted by Crippen LogP contribution is -2.34. The Labute approximate surface area is 209 Å². The third-order valence-electron chi connectivity index (χ3n) is 6.50. The maximum atomic E-state index is 6.46. The van der Waals surface area contributed by atoms with Gasteiger partial charge in [-0.2, -0.15) is 0 Å². The second-order valence-electron chi connectivity index (χ2n) is 8.45. The number of para-hydroxylation sites is 1. The van der Waals surface area contributed by atoms with Gasteiger partial charge < -0.3 is 4.74 Å². The van der Waals surface area contributed by atoms with Crippen LogP contribution in [0, 0.1) is 0 Å². The fraction of sp³-hybridized carbons (Fsp3) is 0.0323. The van der Waals surface area contributed by atoms with Gasteiger partial charge >= 0.3 is 0 Å². The SMILES string of the molecule is Clc1cc(Cl)cc(-c2ccc3c(c2)C(c2ccccc2)(c2ccccc2)c2ccccc2O3)c1. The van der Waals surface area contributed by atoms with Crippen LogP contribution in [0.2, 0.25) is 10.0 Å². The lowest BCUT2D eigenvalue weighted by Gasteiger charge is -2.41. The Bertz CT molecular complexity index is 1430. The monoisotopic (exact) mass is 478 g/mol. The second kappa shape index (κ2) is 8.36. The van der Waals surface area contributed by atoms with Crippen molar-refractivity contribution >= 4 is 23.2 Å². The van der Waals surface area contributed by atoms with Gasteiger partial charge in [0, 0.05) is 21.2 Å². The molecule has 1 heterocycles. The van der Waals surface area contributed by atoms with Gasteiger partial charge in [0.1, 0.15) is 11.5 Å². The van der Waals surface area contributed by atoms with Crippen LogP contribution < -0.4 is 4.74 Å². The Morgan fingerprint density at radius 1 is 0.471 bits per heavy atom. The molecule has 5 aromatic carbocycles. The van der Waals surface area contributed by atoms with E-state index in [-0.39, 0.29) is 0 Å². The fourth-order valence-corrected chi connectivity index (χ4v) is 5.63. The van der Waals surface area contributed by atoms with Crippen LogP contribution in [0.5, 0.6) is 11.5 Å². The fourth-order valence-electron chi connectivity index (χ4n) is 5.11. The van der Waals surface area contributed by atoms with Crippen LogP contribution in [0.25, 0.3) is 11.1 Å². The molecule has 0 spiro atoms. The Hall–Kier alpha value is -3.52.